The molecule has 0 saturated carbocycles. The summed E-state index contributed by atoms with van der Waals surface area (Å²) in [6.45, 7) is 1.96. The van der Waals surface area contributed by atoms with Gasteiger partial charge in [0, 0.05) is 27.1 Å². The second-order valence-electron chi connectivity index (χ2n) is 8.22. The molecule has 0 saturated heterocycles. The summed E-state index contributed by atoms with van der Waals surface area (Å²) in [5.74, 6) is -0.101. The molecular weight excluding hydrogens is 434 g/mol. The minimum absolute atomic E-state index is 0.101. The van der Waals surface area contributed by atoms with E-state index in [9.17, 15) is 4.79 Å². The number of para-hydroxylation sites is 1. The van der Waals surface area contributed by atoms with Crippen molar-refractivity contribution in [2.45, 2.75) is 32.6 Å². The third kappa shape index (κ3) is 3.40. The van der Waals surface area contributed by atoms with E-state index < -0.39 is 0 Å². The molecule has 1 amide bonds. The van der Waals surface area contributed by atoms with Gasteiger partial charge in [0.05, 0.1) is 15.7 Å². The predicted octanol–water partition coefficient (Wildman–Crippen LogP) is 7.01. The fourth-order valence-electron chi connectivity index (χ4n) is 4.39. The Labute approximate surface area is 194 Å². The largest absolute Gasteiger partial charge is 0.313 e. The highest BCUT2D eigenvalue weighted by Gasteiger charge is 2.25. The molecule has 0 spiro atoms. The number of thiazole rings is 1. The molecule has 0 radical (unpaired) electrons. The van der Waals surface area contributed by atoms with Crippen LogP contribution in [0.5, 0.6) is 0 Å². The number of nitrogens with one attached hydrogen (secondary N) is 1. The van der Waals surface area contributed by atoms with Crippen molar-refractivity contribution in [2.75, 3.05) is 5.32 Å². The summed E-state index contributed by atoms with van der Waals surface area (Å²) in [5.41, 5.74) is 5.91. The van der Waals surface area contributed by atoms with Crippen molar-refractivity contribution < 1.29 is 4.79 Å². The number of anilines is 1. The van der Waals surface area contributed by atoms with Gasteiger partial charge in [-0.3, -0.25) is 9.78 Å². The summed E-state index contributed by atoms with van der Waals surface area (Å²) >= 11 is 3.42. The molecular formula is C26H21N3OS2. The fraction of sp³-hybridized carbons (Fsp3) is 0.192. The van der Waals surface area contributed by atoms with E-state index in [1.807, 2.05) is 49.4 Å². The maximum atomic E-state index is 13.3. The molecule has 1 aliphatic rings. The number of benzene rings is 2. The van der Waals surface area contributed by atoms with Crippen LogP contribution in [0.15, 0.2) is 54.6 Å². The first kappa shape index (κ1) is 19.6. The van der Waals surface area contributed by atoms with Crippen molar-refractivity contribution in [1.29, 1.82) is 0 Å². The summed E-state index contributed by atoms with van der Waals surface area (Å²) in [4.78, 5) is 24.1. The highest BCUT2D eigenvalue weighted by atomic mass is 32.1. The number of hydrogen-bond acceptors (Lipinski definition) is 5. The second-order valence-corrected chi connectivity index (χ2v) is 10.4. The predicted molar refractivity (Wildman–Crippen MR) is 134 cm³/mol. The average Bonchev–Trinajstić information content (AvgIpc) is 3.39. The minimum atomic E-state index is -0.101. The average molecular weight is 456 g/mol. The molecule has 0 bridgehead atoms. The van der Waals surface area contributed by atoms with Crippen LogP contribution in [0.2, 0.25) is 0 Å². The zero-order valence-corrected chi connectivity index (χ0v) is 19.3. The topological polar surface area (TPSA) is 54.9 Å². The van der Waals surface area contributed by atoms with Crippen LogP contribution in [0.25, 0.3) is 31.7 Å². The maximum Gasteiger partial charge on any atom is 0.256 e. The summed E-state index contributed by atoms with van der Waals surface area (Å²) in [6.07, 6.45) is 4.51. The number of fused-ring (bicyclic) bond motifs is 3. The van der Waals surface area contributed by atoms with E-state index in [-0.39, 0.29) is 5.91 Å². The normalized spacial score (nSPS) is 13.4. The molecule has 3 heterocycles. The van der Waals surface area contributed by atoms with Crippen molar-refractivity contribution in [3.63, 3.8) is 0 Å². The van der Waals surface area contributed by atoms with Gasteiger partial charge in [-0.2, -0.15) is 0 Å². The summed E-state index contributed by atoms with van der Waals surface area (Å²) < 4.78 is 1.17. The van der Waals surface area contributed by atoms with E-state index in [0.29, 0.717) is 5.56 Å². The SMILES string of the molecule is Cc1ccc2ccc(C(=O)Nc3sc4c(c3-c3nc5ccccc5s3)CCCC4)cc2n1. The highest BCUT2D eigenvalue weighted by Crippen LogP contribution is 2.46. The van der Waals surface area contributed by atoms with Gasteiger partial charge in [-0.15, -0.1) is 22.7 Å². The molecule has 1 N–H and O–H groups in total. The number of aryl methyl sites for hydroxylation is 2. The first-order chi connectivity index (χ1) is 15.7. The Morgan fingerprint density at radius 1 is 0.938 bits per heavy atom. The third-order valence-electron chi connectivity index (χ3n) is 6.00. The van der Waals surface area contributed by atoms with E-state index in [1.54, 1.807) is 22.7 Å². The molecule has 6 rings (SSSR count). The Kier molecular flexibility index (Phi) is 4.77. The van der Waals surface area contributed by atoms with Gasteiger partial charge < -0.3 is 5.32 Å². The van der Waals surface area contributed by atoms with E-state index in [1.165, 1.54) is 28.0 Å². The molecule has 0 aliphatic heterocycles. The van der Waals surface area contributed by atoms with Gasteiger partial charge in [0.2, 0.25) is 0 Å². The van der Waals surface area contributed by atoms with Gasteiger partial charge >= 0.3 is 0 Å². The quantitative estimate of drug-likeness (QED) is 0.318. The lowest BCUT2D eigenvalue weighted by Crippen LogP contribution is -2.11. The number of rotatable bonds is 3. The van der Waals surface area contributed by atoms with Crippen molar-refractivity contribution >= 4 is 54.7 Å². The molecule has 0 fully saturated rings. The second kappa shape index (κ2) is 7.80. The van der Waals surface area contributed by atoms with Crippen LogP contribution >= 0.6 is 22.7 Å². The Balaban J connectivity index is 1.42. The standard InChI is InChI=1S/C26H21N3OS2/c1-15-10-11-16-12-13-17(14-20(16)27-15)24(30)29-26-23(18-6-2-4-8-21(18)31-26)25-28-19-7-3-5-9-22(19)32-25/h3,5,7,9-14H,2,4,6,8H2,1H3,(H,29,30). The van der Waals surface area contributed by atoms with E-state index in [2.05, 4.69) is 22.4 Å². The summed E-state index contributed by atoms with van der Waals surface area (Å²) in [6, 6.07) is 18.0. The van der Waals surface area contributed by atoms with Crippen LogP contribution in [0.3, 0.4) is 0 Å². The van der Waals surface area contributed by atoms with Crippen molar-refractivity contribution in [1.82, 2.24) is 9.97 Å². The van der Waals surface area contributed by atoms with Gasteiger partial charge in [-0.1, -0.05) is 24.3 Å². The van der Waals surface area contributed by atoms with Gasteiger partial charge in [0.1, 0.15) is 10.0 Å². The number of thiophene rings is 1. The summed E-state index contributed by atoms with van der Waals surface area (Å²) in [5, 5.41) is 6.17. The number of carbonyl (C=O) groups excluding carboxylic acids is 1. The maximum absolute atomic E-state index is 13.3. The van der Waals surface area contributed by atoms with Crippen molar-refractivity contribution in [2.24, 2.45) is 0 Å². The number of amides is 1. The lowest BCUT2D eigenvalue weighted by Gasteiger charge is -2.12. The monoisotopic (exact) mass is 455 g/mol. The Morgan fingerprint density at radius 3 is 2.69 bits per heavy atom. The number of carbonyl (C=O) groups is 1. The van der Waals surface area contributed by atoms with Crippen LogP contribution in [0.4, 0.5) is 5.00 Å². The molecule has 4 nitrogen and oxygen atoms in total. The molecule has 2 aromatic carbocycles. The van der Waals surface area contributed by atoms with Crippen molar-refractivity contribution in [3.05, 3.63) is 76.3 Å². The van der Waals surface area contributed by atoms with E-state index in [4.69, 9.17) is 4.98 Å². The smallest absolute Gasteiger partial charge is 0.256 e. The summed E-state index contributed by atoms with van der Waals surface area (Å²) in [7, 11) is 0. The third-order valence-corrected chi connectivity index (χ3v) is 8.26. The fourth-order valence-corrected chi connectivity index (χ4v) is 6.79. The minimum Gasteiger partial charge on any atom is -0.313 e. The van der Waals surface area contributed by atoms with Gasteiger partial charge in [-0.25, -0.2) is 4.98 Å². The molecule has 1 aliphatic carbocycles. The molecule has 5 aromatic rings. The van der Waals surface area contributed by atoms with Crippen LogP contribution in [-0.4, -0.2) is 15.9 Å². The van der Waals surface area contributed by atoms with Gasteiger partial charge in [-0.05, 0) is 68.5 Å². The van der Waals surface area contributed by atoms with Crippen molar-refractivity contribution in [3.8, 4) is 10.6 Å². The van der Waals surface area contributed by atoms with Crippen LogP contribution in [0, 0.1) is 6.92 Å². The number of nitrogens with zero attached hydrogens (tertiary/aromatic N) is 2. The van der Waals surface area contributed by atoms with E-state index in [0.717, 1.165) is 50.5 Å². The van der Waals surface area contributed by atoms with Gasteiger partial charge in [0.15, 0.2) is 0 Å². The lowest BCUT2D eigenvalue weighted by atomic mass is 9.95. The molecule has 0 unspecified atom stereocenters. The molecule has 0 atom stereocenters. The molecule has 3 aromatic heterocycles. The Hall–Kier alpha value is -3.09. The number of aromatic nitrogens is 2. The van der Waals surface area contributed by atoms with Gasteiger partial charge in [0.25, 0.3) is 5.91 Å². The number of pyridine rings is 1. The van der Waals surface area contributed by atoms with E-state index >= 15 is 0 Å². The Morgan fingerprint density at radius 2 is 1.78 bits per heavy atom. The molecule has 6 heteroatoms. The molecule has 158 valence electrons. The first-order valence-electron chi connectivity index (χ1n) is 10.8. The van der Waals surface area contributed by atoms with Crippen LogP contribution in [0.1, 0.15) is 39.3 Å². The first-order valence-corrected chi connectivity index (χ1v) is 12.5. The van der Waals surface area contributed by atoms with Crippen LogP contribution < -0.4 is 5.32 Å². The zero-order chi connectivity index (χ0) is 21.7. The van der Waals surface area contributed by atoms with Crippen LogP contribution in [-0.2, 0) is 12.8 Å². The highest BCUT2D eigenvalue weighted by molar-refractivity contribution is 7.23. The zero-order valence-electron chi connectivity index (χ0n) is 17.6. The number of hydrogen-bond donors (Lipinski definition) is 1. The Bertz CT molecular complexity index is 1470. The molecule has 32 heavy (non-hydrogen) atoms. The lowest BCUT2D eigenvalue weighted by molar-refractivity contribution is 0.102.